The van der Waals surface area contributed by atoms with Crippen molar-refractivity contribution >= 4 is 24.1 Å². The van der Waals surface area contributed by atoms with Crippen molar-refractivity contribution < 1.29 is 43.2 Å². The number of carbonyl (C=O) groups is 4. The average molecular weight is 464 g/mol. The van der Waals surface area contributed by atoms with Crippen LogP contribution in [0.5, 0.6) is 0 Å². The number of hydrogen-bond donors (Lipinski definition) is 3. The topological polar surface area (TPSA) is 167 Å². The van der Waals surface area contributed by atoms with Crippen molar-refractivity contribution in [2.75, 3.05) is 66.4 Å². The standard InChI is InChI=1S/C20H37N3O9/c1-16(20(27)28)23(2)18(25)5-4-17(21)19(26)22-6-9-30-11-13-32-15-14-31-12-10-29-8-3-7-24/h7,16-17H,3-6,8-15,21H2,1-2H3,(H,22,26)(H,27,28)/t16-,17?/m0/s1. The van der Waals surface area contributed by atoms with Crippen molar-refractivity contribution in [3.05, 3.63) is 0 Å². The Kier molecular flexibility index (Phi) is 18.3. The van der Waals surface area contributed by atoms with Crippen LogP contribution in [0.2, 0.25) is 0 Å². The van der Waals surface area contributed by atoms with Crippen molar-refractivity contribution in [2.24, 2.45) is 5.73 Å². The summed E-state index contributed by atoms with van der Waals surface area (Å²) in [5.74, 6) is -1.89. The molecule has 0 spiro atoms. The number of rotatable bonds is 21. The Labute approximate surface area is 188 Å². The second kappa shape index (κ2) is 19.6. The Balaban J connectivity index is 3.58. The molecule has 0 aromatic rings. The van der Waals surface area contributed by atoms with Crippen LogP contribution >= 0.6 is 0 Å². The maximum Gasteiger partial charge on any atom is 0.326 e. The van der Waals surface area contributed by atoms with Crippen LogP contribution in [0.3, 0.4) is 0 Å². The first-order chi connectivity index (χ1) is 15.3. The van der Waals surface area contributed by atoms with Crippen LogP contribution < -0.4 is 11.1 Å². The largest absolute Gasteiger partial charge is 0.480 e. The lowest BCUT2D eigenvalue weighted by Gasteiger charge is -2.22. The van der Waals surface area contributed by atoms with Crippen LogP contribution in [0.15, 0.2) is 0 Å². The van der Waals surface area contributed by atoms with E-state index in [0.717, 1.165) is 11.2 Å². The first-order valence-electron chi connectivity index (χ1n) is 10.6. The number of carboxylic acids is 1. The molecule has 4 N–H and O–H groups in total. The normalized spacial score (nSPS) is 12.7. The molecule has 0 fully saturated rings. The van der Waals surface area contributed by atoms with E-state index >= 15 is 0 Å². The summed E-state index contributed by atoms with van der Waals surface area (Å²) in [7, 11) is 1.40. The number of aldehydes is 1. The van der Waals surface area contributed by atoms with E-state index in [1.807, 2.05) is 0 Å². The number of carbonyl (C=O) groups excluding carboxylic acids is 3. The molecule has 0 saturated carbocycles. The lowest BCUT2D eigenvalue weighted by molar-refractivity contribution is -0.148. The van der Waals surface area contributed by atoms with Gasteiger partial charge in [0.05, 0.1) is 58.9 Å². The van der Waals surface area contributed by atoms with Gasteiger partial charge in [0.2, 0.25) is 11.8 Å². The monoisotopic (exact) mass is 463 g/mol. The molecule has 12 heteroatoms. The molecule has 12 nitrogen and oxygen atoms in total. The van der Waals surface area contributed by atoms with Gasteiger partial charge in [-0.3, -0.25) is 9.59 Å². The van der Waals surface area contributed by atoms with E-state index < -0.39 is 24.0 Å². The zero-order valence-corrected chi connectivity index (χ0v) is 19.0. The summed E-state index contributed by atoms with van der Waals surface area (Å²) in [6.45, 7) is 4.83. The molecule has 0 rings (SSSR count). The van der Waals surface area contributed by atoms with Gasteiger partial charge >= 0.3 is 5.97 Å². The van der Waals surface area contributed by atoms with Crippen LogP contribution in [-0.4, -0.2) is 113 Å². The minimum atomic E-state index is -1.10. The first kappa shape index (κ1) is 29.9. The van der Waals surface area contributed by atoms with E-state index in [9.17, 15) is 19.2 Å². The molecule has 0 aromatic heterocycles. The zero-order valence-electron chi connectivity index (χ0n) is 19.0. The van der Waals surface area contributed by atoms with Gasteiger partial charge < -0.3 is 44.8 Å². The average Bonchev–Trinajstić information content (AvgIpc) is 2.78. The Morgan fingerprint density at radius 1 is 0.969 bits per heavy atom. The molecule has 0 aromatic carbocycles. The highest BCUT2D eigenvalue weighted by atomic mass is 16.6. The van der Waals surface area contributed by atoms with Gasteiger partial charge in [-0.25, -0.2) is 4.79 Å². The fraction of sp³-hybridized carbons (Fsp3) is 0.800. The maximum atomic E-state index is 11.9. The van der Waals surface area contributed by atoms with Crippen LogP contribution in [0, 0.1) is 0 Å². The molecular weight excluding hydrogens is 426 g/mol. The molecule has 0 aliphatic carbocycles. The van der Waals surface area contributed by atoms with E-state index in [1.54, 1.807) is 0 Å². The van der Waals surface area contributed by atoms with Gasteiger partial charge in [0, 0.05) is 26.4 Å². The van der Waals surface area contributed by atoms with E-state index in [1.165, 1.54) is 14.0 Å². The lowest BCUT2D eigenvalue weighted by atomic mass is 10.1. The smallest absolute Gasteiger partial charge is 0.326 e. The van der Waals surface area contributed by atoms with Crippen LogP contribution in [-0.2, 0) is 38.1 Å². The molecule has 0 aliphatic heterocycles. The summed E-state index contributed by atoms with van der Waals surface area (Å²) in [6, 6.07) is -1.81. The highest BCUT2D eigenvalue weighted by molar-refractivity contribution is 5.85. The summed E-state index contributed by atoms with van der Waals surface area (Å²) < 4.78 is 21.1. The van der Waals surface area contributed by atoms with Gasteiger partial charge in [-0.15, -0.1) is 0 Å². The summed E-state index contributed by atoms with van der Waals surface area (Å²) in [5, 5.41) is 11.5. The summed E-state index contributed by atoms with van der Waals surface area (Å²) in [4.78, 5) is 46.0. The molecular formula is C20H37N3O9. The maximum absolute atomic E-state index is 11.9. The van der Waals surface area contributed by atoms with Gasteiger partial charge in [-0.05, 0) is 13.3 Å². The summed E-state index contributed by atoms with van der Waals surface area (Å²) in [5.41, 5.74) is 5.77. The number of amides is 2. The SMILES string of the molecule is C[C@@H](C(=O)O)N(C)C(=O)CCC(N)C(=O)NCCOCCOCCOCCOCCC=O. The number of aliphatic carboxylic acids is 1. The molecule has 0 aliphatic rings. The zero-order chi connectivity index (χ0) is 24.2. The Hall–Kier alpha value is -2.12. The van der Waals surface area contributed by atoms with E-state index in [-0.39, 0.29) is 31.9 Å². The third kappa shape index (κ3) is 15.6. The number of ether oxygens (including phenoxy) is 4. The number of carboxylic acid groups (broad SMARTS) is 1. The number of nitrogens with one attached hydrogen (secondary N) is 1. The molecule has 186 valence electrons. The van der Waals surface area contributed by atoms with Gasteiger partial charge in [-0.2, -0.15) is 0 Å². The quantitative estimate of drug-likeness (QED) is 0.139. The molecule has 0 radical (unpaired) electrons. The molecule has 32 heavy (non-hydrogen) atoms. The van der Waals surface area contributed by atoms with Crippen LogP contribution in [0.1, 0.15) is 26.2 Å². The predicted molar refractivity (Wildman–Crippen MR) is 114 cm³/mol. The van der Waals surface area contributed by atoms with E-state index in [0.29, 0.717) is 52.7 Å². The Morgan fingerprint density at radius 2 is 1.47 bits per heavy atom. The third-order valence-electron chi connectivity index (χ3n) is 4.38. The first-order valence-corrected chi connectivity index (χ1v) is 10.6. The number of likely N-dealkylation sites (N-methyl/N-ethyl adjacent to an activating group) is 1. The van der Waals surface area contributed by atoms with Crippen LogP contribution in [0.4, 0.5) is 0 Å². The van der Waals surface area contributed by atoms with Crippen molar-refractivity contribution in [1.29, 1.82) is 0 Å². The molecule has 0 heterocycles. The number of nitrogens with zero attached hydrogens (tertiary/aromatic N) is 1. The molecule has 0 bridgehead atoms. The molecule has 2 amide bonds. The third-order valence-corrected chi connectivity index (χ3v) is 4.38. The Bertz CT molecular complexity index is 548. The fourth-order valence-corrected chi connectivity index (χ4v) is 2.24. The number of hydrogen-bond acceptors (Lipinski definition) is 9. The van der Waals surface area contributed by atoms with Crippen molar-refractivity contribution in [3.63, 3.8) is 0 Å². The van der Waals surface area contributed by atoms with Crippen molar-refractivity contribution in [1.82, 2.24) is 10.2 Å². The number of nitrogens with two attached hydrogens (primary N) is 1. The molecule has 1 unspecified atom stereocenters. The van der Waals surface area contributed by atoms with E-state index in [4.69, 9.17) is 29.8 Å². The van der Waals surface area contributed by atoms with Gasteiger partial charge in [0.1, 0.15) is 12.3 Å². The fourth-order valence-electron chi connectivity index (χ4n) is 2.24. The minimum absolute atomic E-state index is 0.0204. The highest BCUT2D eigenvalue weighted by Crippen LogP contribution is 2.03. The lowest BCUT2D eigenvalue weighted by Crippen LogP contribution is -2.44. The minimum Gasteiger partial charge on any atom is -0.480 e. The second-order valence-corrected chi connectivity index (χ2v) is 6.86. The van der Waals surface area contributed by atoms with Crippen molar-refractivity contribution in [2.45, 2.75) is 38.3 Å². The molecule has 2 atom stereocenters. The van der Waals surface area contributed by atoms with E-state index in [2.05, 4.69) is 5.32 Å². The second-order valence-electron chi connectivity index (χ2n) is 6.86. The van der Waals surface area contributed by atoms with Gasteiger partial charge in [0.25, 0.3) is 0 Å². The summed E-state index contributed by atoms with van der Waals surface area (Å²) >= 11 is 0. The predicted octanol–water partition coefficient (Wildman–Crippen LogP) is -1.20. The van der Waals surface area contributed by atoms with Gasteiger partial charge in [0.15, 0.2) is 0 Å². The Morgan fingerprint density at radius 3 is 1.97 bits per heavy atom. The summed E-state index contributed by atoms with van der Waals surface area (Å²) in [6.07, 6.45) is 1.28. The van der Waals surface area contributed by atoms with Crippen LogP contribution in [0.25, 0.3) is 0 Å². The molecule has 0 saturated heterocycles. The van der Waals surface area contributed by atoms with Gasteiger partial charge in [-0.1, -0.05) is 0 Å². The highest BCUT2D eigenvalue weighted by Gasteiger charge is 2.23. The van der Waals surface area contributed by atoms with Crippen molar-refractivity contribution in [3.8, 4) is 0 Å².